The number of methoxy groups -OCH3 is 1. The maximum atomic E-state index is 13.9. The van der Waals surface area contributed by atoms with Crippen molar-refractivity contribution in [3.63, 3.8) is 0 Å². The molecule has 3 rings (SSSR count). The molecule has 5 N–H and O–H groups in total. The van der Waals surface area contributed by atoms with E-state index in [2.05, 4.69) is 31.0 Å². The van der Waals surface area contributed by atoms with E-state index in [4.69, 9.17) is 0 Å². The number of carbonyl (C=O) groups excluding carboxylic acids is 3. The molecule has 0 bridgehead atoms. The lowest BCUT2D eigenvalue weighted by Gasteiger charge is -2.31. The number of sulfonamides is 1. The minimum Gasteiger partial charge on any atom is -0.453 e. The first-order valence-corrected chi connectivity index (χ1v) is 16.3. The molecule has 3 atom stereocenters. The number of benzene rings is 2. The van der Waals surface area contributed by atoms with Gasteiger partial charge in [0.1, 0.15) is 6.04 Å². The molecule has 0 aliphatic rings. The lowest BCUT2D eigenvalue weighted by Crippen LogP contribution is -2.55. The summed E-state index contributed by atoms with van der Waals surface area (Å²) < 4.78 is 34.2. The molecule has 0 saturated heterocycles. The van der Waals surface area contributed by atoms with Crippen LogP contribution in [0, 0.1) is 5.92 Å². The van der Waals surface area contributed by atoms with Crippen molar-refractivity contribution < 1.29 is 32.6 Å². The van der Waals surface area contributed by atoms with E-state index in [9.17, 15) is 27.9 Å². The van der Waals surface area contributed by atoms with E-state index < -0.39 is 40.2 Å². The van der Waals surface area contributed by atoms with Crippen LogP contribution in [0.15, 0.2) is 53.4 Å². The number of likely N-dealkylation sites (N-methyl/N-ethyl adjacent to an activating group) is 1. The van der Waals surface area contributed by atoms with E-state index >= 15 is 0 Å². The third kappa shape index (κ3) is 9.69. The van der Waals surface area contributed by atoms with Crippen LogP contribution >= 0.6 is 11.3 Å². The highest BCUT2D eigenvalue weighted by Gasteiger charge is 2.32. The largest absolute Gasteiger partial charge is 0.453 e. The number of nitrogens with zero attached hydrogens (tertiary/aromatic N) is 2. The van der Waals surface area contributed by atoms with E-state index in [1.54, 1.807) is 13.1 Å². The Labute approximate surface area is 261 Å². The zero-order valence-electron chi connectivity index (χ0n) is 25.4. The highest BCUT2D eigenvalue weighted by atomic mass is 32.2. The van der Waals surface area contributed by atoms with Gasteiger partial charge in [0.25, 0.3) is 0 Å². The Balaban J connectivity index is 1.88. The standard InChI is InChI=1S/C29H40N6O7S2/c1-18(2)16-35(44(40,41)21-11-12-22-25(14-21)43-28(33-22)34-29(39)42-5)17-24(36)23(13-20-9-7-6-8-10-20)32-27(38)19(3)31-26(37)15-30-4/h6-12,14,18-19,23-24,30,36H,13,15-17H2,1-5H3,(H,31,37)(H,32,38)(H,33,34,39)/t19-,23-,24?/m0/s1. The van der Waals surface area contributed by atoms with Gasteiger partial charge in [-0.15, -0.1) is 0 Å². The van der Waals surface area contributed by atoms with Crippen LogP contribution in [-0.2, 0) is 30.8 Å². The highest BCUT2D eigenvalue weighted by Crippen LogP contribution is 2.30. The molecule has 1 unspecified atom stereocenters. The highest BCUT2D eigenvalue weighted by molar-refractivity contribution is 7.89. The van der Waals surface area contributed by atoms with Gasteiger partial charge in [-0.05, 0) is 50.1 Å². The molecule has 3 amide bonds. The van der Waals surface area contributed by atoms with E-state index in [0.717, 1.165) is 16.9 Å². The fourth-order valence-electron chi connectivity index (χ4n) is 4.40. The number of hydrogen-bond acceptors (Lipinski definition) is 10. The SMILES string of the molecule is CNCC(=O)N[C@@H](C)C(=O)N[C@@H](Cc1ccccc1)C(O)CN(CC(C)C)S(=O)(=O)c1ccc2nc(NC(=O)OC)sc2c1. The third-order valence-corrected chi connectivity index (χ3v) is 9.31. The lowest BCUT2D eigenvalue weighted by atomic mass is 10.0. The minimum atomic E-state index is -4.11. The minimum absolute atomic E-state index is 0.00405. The van der Waals surface area contributed by atoms with E-state index in [0.29, 0.717) is 10.2 Å². The van der Waals surface area contributed by atoms with Gasteiger partial charge in [0.15, 0.2) is 5.13 Å². The number of aromatic nitrogens is 1. The van der Waals surface area contributed by atoms with E-state index in [1.807, 2.05) is 44.2 Å². The fraction of sp³-hybridized carbons (Fsp3) is 0.448. The molecule has 0 saturated carbocycles. The van der Waals surface area contributed by atoms with Crippen molar-refractivity contribution in [3.05, 3.63) is 54.1 Å². The van der Waals surface area contributed by atoms with Gasteiger partial charge in [-0.1, -0.05) is 55.5 Å². The molecule has 3 aromatic rings. The Hall–Kier alpha value is -3.63. The van der Waals surface area contributed by atoms with E-state index in [1.165, 1.54) is 30.5 Å². The zero-order valence-corrected chi connectivity index (χ0v) is 27.0. The molecule has 2 aromatic carbocycles. The van der Waals surface area contributed by atoms with Gasteiger partial charge >= 0.3 is 6.09 Å². The van der Waals surface area contributed by atoms with Crippen molar-refractivity contribution in [2.24, 2.45) is 5.92 Å². The molecule has 0 aliphatic carbocycles. The normalized spacial score (nSPS) is 13.8. The van der Waals surface area contributed by atoms with Gasteiger partial charge < -0.3 is 25.8 Å². The molecule has 44 heavy (non-hydrogen) atoms. The average molecular weight is 649 g/mol. The third-order valence-electron chi connectivity index (χ3n) is 6.55. The number of aliphatic hydroxyl groups excluding tert-OH is 1. The number of fused-ring (bicyclic) bond motifs is 1. The molecule has 13 nitrogen and oxygen atoms in total. The van der Waals surface area contributed by atoms with Crippen LogP contribution in [0.25, 0.3) is 10.2 Å². The number of ether oxygens (including phenoxy) is 1. The maximum Gasteiger partial charge on any atom is 0.413 e. The second-order valence-electron chi connectivity index (χ2n) is 10.7. The smallest absolute Gasteiger partial charge is 0.413 e. The van der Waals surface area contributed by atoms with Crippen LogP contribution < -0.4 is 21.3 Å². The summed E-state index contributed by atoms with van der Waals surface area (Å²) in [6, 6.07) is 11.9. The average Bonchev–Trinajstić information content (AvgIpc) is 3.38. The number of thiazole rings is 1. The van der Waals surface area contributed by atoms with Crippen LogP contribution in [0.2, 0.25) is 0 Å². The summed E-state index contributed by atoms with van der Waals surface area (Å²) in [6.45, 7) is 5.11. The van der Waals surface area contributed by atoms with Gasteiger partial charge in [0.2, 0.25) is 21.8 Å². The maximum absolute atomic E-state index is 13.9. The van der Waals surface area contributed by atoms with Crippen LogP contribution in [0.1, 0.15) is 26.3 Å². The molecule has 1 heterocycles. The molecular formula is C29H40N6O7S2. The van der Waals surface area contributed by atoms with Crippen molar-refractivity contribution in [1.82, 2.24) is 25.2 Å². The fourth-order valence-corrected chi connectivity index (χ4v) is 7.01. The molecule has 15 heteroatoms. The predicted octanol–water partition coefficient (Wildman–Crippen LogP) is 1.93. The Morgan fingerprint density at radius 2 is 1.75 bits per heavy atom. The topological polar surface area (TPSA) is 179 Å². The first-order valence-electron chi connectivity index (χ1n) is 14.1. The second-order valence-corrected chi connectivity index (χ2v) is 13.6. The number of carbonyl (C=O) groups is 3. The first kappa shape index (κ1) is 34.9. The summed E-state index contributed by atoms with van der Waals surface area (Å²) in [7, 11) is -1.27. The zero-order chi connectivity index (χ0) is 32.4. The Morgan fingerprint density at radius 1 is 1.05 bits per heavy atom. The van der Waals surface area contributed by atoms with Crippen molar-refractivity contribution >= 4 is 54.6 Å². The molecule has 0 radical (unpaired) electrons. The van der Waals surface area contributed by atoms with Crippen molar-refractivity contribution in [2.75, 3.05) is 39.1 Å². The monoisotopic (exact) mass is 648 g/mol. The van der Waals surface area contributed by atoms with Crippen molar-refractivity contribution in [1.29, 1.82) is 0 Å². The Morgan fingerprint density at radius 3 is 2.39 bits per heavy atom. The Kier molecular flexibility index (Phi) is 12.6. The summed E-state index contributed by atoms with van der Waals surface area (Å²) in [6.07, 6.45) is -1.76. The quantitative estimate of drug-likeness (QED) is 0.165. The van der Waals surface area contributed by atoms with Gasteiger partial charge in [-0.3, -0.25) is 14.9 Å². The van der Waals surface area contributed by atoms with Crippen molar-refractivity contribution in [2.45, 2.75) is 50.3 Å². The molecular weight excluding hydrogens is 608 g/mol. The van der Waals surface area contributed by atoms with Crippen molar-refractivity contribution in [3.8, 4) is 0 Å². The summed E-state index contributed by atoms with van der Waals surface area (Å²) in [5.74, 6) is -0.958. The van der Waals surface area contributed by atoms with Gasteiger partial charge in [-0.2, -0.15) is 4.31 Å². The number of nitrogens with one attached hydrogen (secondary N) is 4. The number of aliphatic hydroxyl groups is 1. The summed E-state index contributed by atoms with van der Waals surface area (Å²) >= 11 is 1.10. The second kappa shape index (κ2) is 15.9. The summed E-state index contributed by atoms with van der Waals surface area (Å²) in [4.78, 5) is 40.9. The first-order chi connectivity index (χ1) is 20.8. The Bertz CT molecular complexity index is 1530. The van der Waals surface area contributed by atoms with Crippen LogP contribution in [0.5, 0.6) is 0 Å². The van der Waals surface area contributed by atoms with Gasteiger partial charge in [0, 0.05) is 13.1 Å². The predicted molar refractivity (Wildman–Crippen MR) is 169 cm³/mol. The number of amides is 3. The van der Waals surface area contributed by atoms with Crippen LogP contribution in [0.3, 0.4) is 0 Å². The number of hydrogen-bond donors (Lipinski definition) is 5. The molecule has 0 fully saturated rings. The summed E-state index contributed by atoms with van der Waals surface area (Å²) in [5.41, 5.74) is 1.33. The number of anilines is 1. The van der Waals surface area contributed by atoms with E-state index in [-0.39, 0.29) is 47.9 Å². The molecule has 0 aliphatic heterocycles. The van der Waals surface area contributed by atoms with Gasteiger partial charge in [-0.25, -0.2) is 18.2 Å². The molecule has 240 valence electrons. The molecule has 1 aromatic heterocycles. The summed E-state index contributed by atoms with van der Waals surface area (Å²) in [5, 5.41) is 22.3. The van der Waals surface area contributed by atoms with Crippen LogP contribution in [-0.4, -0.2) is 92.7 Å². The van der Waals surface area contributed by atoms with Crippen LogP contribution in [0.4, 0.5) is 9.93 Å². The number of rotatable bonds is 15. The lowest BCUT2D eigenvalue weighted by molar-refractivity contribution is -0.129. The van der Waals surface area contributed by atoms with Gasteiger partial charge in [0.05, 0.1) is 40.9 Å². The molecule has 0 spiro atoms.